The summed E-state index contributed by atoms with van der Waals surface area (Å²) in [6.07, 6.45) is 18.9. The number of carbonyl (C=O) groups excluding carboxylic acids is 1. The summed E-state index contributed by atoms with van der Waals surface area (Å²) >= 11 is 0. The van der Waals surface area contributed by atoms with Gasteiger partial charge in [0.15, 0.2) is 0 Å². The number of ether oxygens (including phenoxy) is 2. The van der Waals surface area contributed by atoms with Crippen molar-refractivity contribution in [1.82, 2.24) is 0 Å². The molecule has 3 aromatic rings. The summed E-state index contributed by atoms with van der Waals surface area (Å²) in [6.45, 7) is 2.89. The Morgan fingerprint density at radius 1 is 0.686 bits per heavy atom. The number of benzene rings is 3. The SMILES string of the molecule is CCCC/C=C\CCCCCCCCCCOC(=O)OCc1c2ccccc2cc2ccccc12. The molecular weight excluding hydrogens is 432 g/mol. The molecule has 0 atom stereocenters. The lowest BCUT2D eigenvalue weighted by atomic mass is 9.97. The lowest BCUT2D eigenvalue weighted by molar-refractivity contribution is 0.0493. The van der Waals surface area contributed by atoms with Gasteiger partial charge in [0, 0.05) is 5.56 Å². The van der Waals surface area contributed by atoms with Crippen LogP contribution in [0.3, 0.4) is 0 Å². The Bertz CT molecular complexity index is 999. The number of fused-ring (bicyclic) bond motifs is 2. The fraction of sp³-hybridized carbons (Fsp3) is 0.469. The summed E-state index contributed by atoms with van der Waals surface area (Å²) in [4.78, 5) is 12.2. The molecule has 188 valence electrons. The van der Waals surface area contributed by atoms with Gasteiger partial charge >= 0.3 is 6.16 Å². The van der Waals surface area contributed by atoms with Crippen molar-refractivity contribution in [2.45, 2.75) is 90.6 Å². The van der Waals surface area contributed by atoms with Gasteiger partial charge in [0.05, 0.1) is 6.61 Å². The average Bonchev–Trinajstić information content (AvgIpc) is 2.88. The Morgan fingerprint density at radius 3 is 1.86 bits per heavy atom. The van der Waals surface area contributed by atoms with Gasteiger partial charge < -0.3 is 9.47 Å². The average molecular weight is 475 g/mol. The van der Waals surface area contributed by atoms with Gasteiger partial charge in [-0.25, -0.2) is 4.79 Å². The summed E-state index contributed by atoms with van der Waals surface area (Å²) in [5.74, 6) is 0. The molecule has 35 heavy (non-hydrogen) atoms. The Labute approximate surface area is 211 Å². The molecule has 0 saturated heterocycles. The van der Waals surface area contributed by atoms with Crippen LogP contribution in [-0.2, 0) is 16.1 Å². The standard InChI is InChI=1S/C32H42O3/c1-2-3-4-5-6-7-8-9-10-11-12-13-14-19-24-34-32(33)35-26-31-29-22-17-15-20-27(29)25-28-21-16-18-23-30(28)31/h5-6,15-18,20-23,25H,2-4,7-14,19,24,26H2,1H3/b6-5-. The van der Waals surface area contributed by atoms with E-state index in [0.29, 0.717) is 6.61 Å². The number of hydrogen-bond acceptors (Lipinski definition) is 3. The van der Waals surface area contributed by atoms with E-state index in [0.717, 1.165) is 39.9 Å². The van der Waals surface area contributed by atoms with E-state index in [1.807, 2.05) is 24.3 Å². The van der Waals surface area contributed by atoms with E-state index in [1.165, 1.54) is 64.2 Å². The maximum absolute atomic E-state index is 12.2. The molecule has 0 heterocycles. The van der Waals surface area contributed by atoms with Crippen LogP contribution in [0.5, 0.6) is 0 Å². The van der Waals surface area contributed by atoms with Crippen molar-refractivity contribution in [2.24, 2.45) is 0 Å². The maximum atomic E-state index is 12.2. The smallest absolute Gasteiger partial charge is 0.434 e. The molecule has 0 aromatic heterocycles. The van der Waals surface area contributed by atoms with Crippen molar-refractivity contribution < 1.29 is 14.3 Å². The lowest BCUT2D eigenvalue weighted by Crippen LogP contribution is -2.09. The van der Waals surface area contributed by atoms with Gasteiger partial charge in [-0.2, -0.15) is 0 Å². The van der Waals surface area contributed by atoms with Crippen molar-refractivity contribution in [3.63, 3.8) is 0 Å². The Kier molecular flexibility index (Phi) is 12.2. The van der Waals surface area contributed by atoms with Crippen LogP contribution in [0.2, 0.25) is 0 Å². The van der Waals surface area contributed by atoms with E-state index in [1.54, 1.807) is 0 Å². The molecular formula is C32H42O3. The number of allylic oxidation sites excluding steroid dienone is 2. The topological polar surface area (TPSA) is 35.5 Å². The van der Waals surface area contributed by atoms with Gasteiger partial charge in [0.1, 0.15) is 6.61 Å². The van der Waals surface area contributed by atoms with Crippen molar-refractivity contribution in [1.29, 1.82) is 0 Å². The minimum absolute atomic E-state index is 0.217. The first kappa shape index (κ1) is 26.8. The molecule has 0 aliphatic heterocycles. The third-order valence-corrected chi connectivity index (χ3v) is 6.59. The van der Waals surface area contributed by atoms with Crippen molar-refractivity contribution >= 4 is 27.7 Å². The second-order valence-electron chi connectivity index (χ2n) is 9.42. The van der Waals surface area contributed by atoms with Crippen molar-refractivity contribution in [3.05, 3.63) is 72.3 Å². The van der Waals surface area contributed by atoms with E-state index in [-0.39, 0.29) is 6.61 Å². The fourth-order valence-corrected chi connectivity index (χ4v) is 4.57. The molecule has 0 aliphatic rings. The van der Waals surface area contributed by atoms with E-state index in [4.69, 9.17) is 9.47 Å². The van der Waals surface area contributed by atoms with Crippen molar-refractivity contribution in [3.8, 4) is 0 Å². The van der Waals surface area contributed by atoms with Gasteiger partial charge in [-0.3, -0.25) is 0 Å². The molecule has 0 bridgehead atoms. The van der Waals surface area contributed by atoms with Crippen molar-refractivity contribution in [2.75, 3.05) is 6.61 Å². The van der Waals surface area contributed by atoms with E-state index >= 15 is 0 Å². The summed E-state index contributed by atoms with van der Waals surface area (Å²) in [7, 11) is 0. The predicted octanol–water partition coefficient (Wildman–Crippen LogP) is 9.90. The molecule has 3 nitrogen and oxygen atoms in total. The first-order chi connectivity index (χ1) is 17.3. The van der Waals surface area contributed by atoms with E-state index < -0.39 is 6.16 Å². The highest BCUT2D eigenvalue weighted by Crippen LogP contribution is 2.29. The number of carbonyl (C=O) groups is 1. The minimum atomic E-state index is -0.578. The summed E-state index contributed by atoms with van der Waals surface area (Å²) < 4.78 is 10.8. The third kappa shape index (κ3) is 9.39. The second kappa shape index (κ2) is 16.0. The van der Waals surface area contributed by atoms with Crippen LogP contribution in [0.4, 0.5) is 4.79 Å². The third-order valence-electron chi connectivity index (χ3n) is 6.59. The van der Waals surface area contributed by atoms with Gasteiger partial charge in [-0.15, -0.1) is 0 Å². The lowest BCUT2D eigenvalue weighted by Gasteiger charge is -2.12. The van der Waals surface area contributed by atoms with Gasteiger partial charge in [0.2, 0.25) is 0 Å². The molecule has 0 saturated carbocycles. The van der Waals surface area contributed by atoms with E-state index in [9.17, 15) is 4.79 Å². The minimum Gasteiger partial charge on any atom is -0.434 e. The molecule has 0 unspecified atom stereocenters. The molecule has 3 aromatic carbocycles. The first-order valence-electron chi connectivity index (χ1n) is 13.6. The highest BCUT2D eigenvalue weighted by atomic mass is 16.7. The highest BCUT2D eigenvalue weighted by molar-refractivity contribution is 6.02. The Balaban J connectivity index is 1.26. The monoisotopic (exact) mass is 474 g/mol. The molecule has 3 rings (SSSR count). The van der Waals surface area contributed by atoms with Crippen LogP contribution in [-0.4, -0.2) is 12.8 Å². The molecule has 0 fully saturated rings. The van der Waals surface area contributed by atoms with Crippen LogP contribution >= 0.6 is 0 Å². The number of unbranched alkanes of at least 4 members (excludes halogenated alkanes) is 10. The molecule has 0 spiro atoms. The Hall–Kier alpha value is -2.81. The zero-order valence-corrected chi connectivity index (χ0v) is 21.5. The normalized spacial score (nSPS) is 11.5. The van der Waals surface area contributed by atoms with Crippen LogP contribution in [0.25, 0.3) is 21.5 Å². The number of rotatable bonds is 16. The zero-order chi connectivity index (χ0) is 24.6. The van der Waals surface area contributed by atoms with Gasteiger partial charge in [-0.05, 0) is 53.3 Å². The largest absolute Gasteiger partial charge is 0.508 e. The Morgan fingerprint density at radius 2 is 1.23 bits per heavy atom. The summed E-state index contributed by atoms with van der Waals surface area (Å²) in [5.41, 5.74) is 1.03. The summed E-state index contributed by atoms with van der Waals surface area (Å²) in [6, 6.07) is 18.6. The van der Waals surface area contributed by atoms with Crippen LogP contribution in [0, 0.1) is 0 Å². The first-order valence-corrected chi connectivity index (χ1v) is 13.6. The van der Waals surface area contributed by atoms with Crippen LogP contribution in [0.15, 0.2) is 66.7 Å². The van der Waals surface area contributed by atoms with Crippen LogP contribution in [0.1, 0.15) is 89.5 Å². The fourth-order valence-electron chi connectivity index (χ4n) is 4.57. The van der Waals surface area contributed by atoms with Gasteiger partial charge in [0.25, 0.3) is 0 Å². The highest BCUT2D eigenvalue weighted by Gasteiger charge is 2.11. The molecule has 3 heteroatoms. The molecule has 0 aliphatic carbocycles. The molecule has 0 amide bonds. The van der Waals surface area contributed by atoms with Crippen LogP contribution < -0.4 is 0 Å². The van der Waals surface area contributed by atoms with Gasteiger partial charge in [-0.1, -0.05) is 119 Å². The van der Waals surface area contributed by atoms with E-state index in [2.05, 4.69) is 49.4 Å². The molecule has 0 N–H and O–H groups in total. The zero-order valence-electron chi connectivity index (χ0n) is 21.5. The summed E-state index contributed by atoms with van der Waals surface area (Å²) in [5, 5.41) is 4.53. The quantitative estimate of drug-likeness (QED) is 0.0896. The second-order valence-corrected chi connectivity index (χ2v) is 9.42. The molecule has 0 radical (unpaired) electrons. The maximum Gasteiger partial charge on any atom is 0.508 e. The predicted molar refractivity (Wildman–Crippen MR) is 148 cm³/mol. The number of hydrogen-bond donors (Lipinski definition) is 0.